The van der Waals surface area contributed by atoms with Gasteiger partial charge in [-0.25, -0.2) is 0 Å². The minimum absolute atomic E-state index is 0.104. The zero-order valence-electron chi connectivity index (χ0n) is 20.4. The molecule has 0 radical (unpaired) electrons. The summed E-state index contributed by atoms with van der Waals surface area (Å²) in [5.74, 6) is 1.65. The minimum Gasteiger partial charge on any atom is -0.493 e. The highest BCUT2D eigenvalue weighted by atomic mass is 16.5. The van der Waals surface area contributed by atoms with Crippen LogP contribution in [0.4, 0.5) is 0 Å². The first-order chi connectivity index (χ1) is 17.0. The van der Waals surface area contributed by atoms with Crippen LogP contribution in [0.15, 0.2) is 27.5 Å². The van der Waals surface area contributed by atoms with Crippen molar-refractivity contribution >= 4 is 16.8 Å². The topological polar surface area (TPSA) is 108 Å². The number of nitrogens with zero attached hydrogens (tertiary/aromatic N) is 3. The monoisotopic (exact) mass is 480 g/mol. The van der Waals surface area contributed by atoms with Crippen LogP contribution < -0.4 is 20.3 Å². The highest BCUT2D eigenvalue weighted by Crippen LogP contribution is 2.38. The number of methoxy groups -OCH3 is 1. The Kier molecular flexibility index (Phi) is 6.49. The van der Waals surface area contributed by atoms with Gasteiger partial charge >= 0.3 is 0 Å². The van der Waals surface area contributed by atoms with Crippen molar-refractivity contribution in [3.63, 3.8) is 0 Å². The lowest BCUT2D eigenvalue weighted by Gasteiger charge is -2.30. The molecular formula is C26H32N4O5. The highest BCUT2D eigenvalue weighted by molar-refractivity contribution is 5.99. The fourth-order valence-electron chi connectivity index (χ4n) is 5.33. The van der Waals surface area contributed by atoms with Crippen LogP contribution in [-0.4, -0.2) is 34.3 Å². The Bertz CT molecular complexity index is 1290. The molecule has 0 atom stereocenters. The average molecular weight is 481 g/mol. The van der Waals surface area contributed by atoms with E-state index in [1.54, 1.807) is 24.7 Å². The van der Waals surface area contributed by atoms with Gasteiger partial charge in [-0.15, -0.1) is 0 Å². The Hall–Kier alpha value is -3.36. The zero-order valence-corrected chi connectivity index (χ0v) is 20.4. The third-order valence-corrected chi connectivity index (χ3v) is 7.16. The first kappa shape index (κ1) is 23.4. The molecule has 0 saturated heterocycles. The van der Waals surface area contributed by atoms with Crippen LogP contribution in [0.1, 0.15) is 79.9 Å². The molecule has 1 saturated carbocycles. The summed E-state index contributed by atoms with van der Waals surface area (Å²) in [6, 6.07) is 5.35. The van der Waals surface area contributed by atoms with E-state index in [1.165, 1.54) is 0 Å². The molecule has 1 aliphatic carbocycles. The van der Waals surface area contributed by atoms with Crippen molar-refractivity contribution in [3.8, 4) is 11.5 Å². The summed E-state index contributed by atoms with van der Waals surface area (Å²) in [7, 11) is 1.59. The number of nitrogens with one attached hydrogen (secondary N) is 1. The van der Waals surface area contributed by atoms with Crippen molar-refractivity contribution < 1.29 is 18.8 Å². The first-order valence-electron chi connectivity index (χ1n) is 12.5. The number of ether oxygens (including phenoxy) is 2. The van der Waals surface area contributed by atoms with Gasteiger partial charge in [0.2, 0.25) is 0 Å². The number of pyridine rings is 1. The molecule has 2 aliphatic rings. The maximum Gasteiger partial charge on any atom is 0.264 e. The summed E-state index contributed by atoms with van der Waals surface area (Å²) in [6.07, 6.45) is 8.06. The second-order valence-electron chi connectivity index (χ2n) is 9.56. The van der Waals surface area contributed by atoms with Gasteiger partial charge in [0.05, 0.1) is 19.2 Å². The van der Waals surface area contributed by atoms with Crippen molar-refractivity contribution in [1.29, 1.82) is 0 Å². The van der Waals surface area contributed by atoms with Gasteiger partial charge < -0.3 is 23.9 Å². The third kappa shape index (κ3) is 4.39. The Morgan fingerprint density at radius 2 is 1.89 bits per heavy atom. The van der Waals surface area contributed by atoms with Gasteiger partial charge in [-0.05, 0) is 57.2 Å². The van der Waals surface area contributed by atoms with Gasteiger partial charge in [0.25, 0.3) is 17.4 Å². The predicted molar refractivity (Wildman–Crippen MR) is 130 cm³/mol. The Balaban J connectivity index is 1.61. The van der Waals surface area contributed by atoms with E-state index < -0.39 is 11.4 Å². The molecule has 0 unspecified atom stereocenters. The Labute approximate surface area is 203 Å². The van der Waals surface area contributed by atoms with Crippen molar-refractivity contribution in [2.24, 2.45) is 0 Å². The predicted octanol–water partition coefficient (Wildman–Crippen LogP) is 4.24. The number of amides is 1. The van der Waals surface area contributed by atoms with E-state index in [0.717, 1.165) is 50.3 Å². The average Bonchev–Trinajstić information content (AvgIpc) is 3.21. The quantitative estimate of drug-likeness (QED) is 0.556. The van der Waals surface area contributed by atoms with Crippen LogP contribution in [0.25, 0.3) is 10.9 Å². The standard InChI is InChI=1S/C26H32N4O5/c1-17-27-25(35-29-17)26(12-6-3-4-7-13-26)28-23(31)19-16-18-10-11-20(33-2)22-21(18)30(24(19)32)14-8-5-9-15-34-22/h10-11,16H,3-9,12-15H2,1-2H3,(H,28,31). The number of hydrogen-bond donors (Lipinski definition) is 1. The normalized spacial score (nSPS) is 18.0. The van der Waals surface area contributed by atoms with E-state index in [4.69, 9.17) is 14.0 Å². The molecule has 1 fully saturated rings. The molecule has 3 aromatic rings. The maximum absolute atomic E-state index is 13.7. The number of carbonyl (C=O) groups excluding carboxylic acids is 1. The van der Waals surface area contributed by atoms with Gasteiger partial charge in [-0.2, -0.15) is 4.98 Å². The molecule has 2 aromatic heterocycles. The van der Waals surface area contributed by atoms with E-state index in [1.807, 2.05) is 12.1 Å². The summed E-state index contributed by atoms with van der Waals surface area (Å²) in [5, 5.41) is 7.89. The van der Waals surface area contributed by atoms with E-state index in [2.05, 4.69) is 15.5 Å². The van der Waals surface area contributed by atoms with Crippen molar-refractivity contribution in [2.45, 2.75) is 76.8 Å². The lowest BCUT2D eigenvalue weighted by molar-refractivity contribution is 0.0852. The molecule has 3 heterocycles. The second-order valence-corrected chi connectivity index (χ2v) is 9.56. The molecule has 9 heteroatoms. The number of benzene rings is 1. The van der Waals surface area contributed by atoms with E-state index in [9.17, 15) is 9.59 Å². The molecule has 186 valence electrons. The number of aromatic nitrogens is 3. The van der Waals surface area contributed by atoms with Crippen LogP contribution >= 0.6 is 0 Å². The largest absolute Gasteiger partial charge is 0.493 e. The van der Waals surface area contributed by atoms with Crippen LogP contribution in [0.2, 0.25) is 0 Å². The van der Waals surface area contributed by atoms with Crippen molar-refractivity contribution in [3.05, 3.63) is 45.8 Å². The lowest BCUT2D eigenvalue weighted by atomic mass is 9.89. The smallest absolute Gasteiger partial charge is 0.264 e. The molecule has 5 rings (SSSR count). The van der Waals surface area contributed by atoms with Crippen molar-refractivity contribution in [2.75, 3.05) is 13.7 Å². The molecule has 1 amide bonds. The minimum atomic E-state index is -0.780. The molecule has 1 N–H and O–H groups in total. The van der Waals surface area contributed by atoms with Crippen LogP contribution in [0.3, 0.4) is 0 Å². The molecular weight excluding hydrogens is 448 g/mol. The van der Waals surface area contributed by atoms with E-state index in [0.29, 0.717) is 54.7 Å². The molecule has 35 heavy (non-hydrogen) atoms. The molecule has 1 aliphatic heterocycles. The summed E-state index contributed by atoms with van der Waals surface area (Å²) < 4.78 is 18.8. The van der Waals surface area contributed by atoms with Crippen LogP contribution in [-0.2, 0) is 12.1 Å². The lowest BCUT2D eigenvalue weighted by Crippen LogP contribution is -2.47. The summed E-state index contributed by atoms with van der Waals surface area (Å²) in [5.41, 5.74) is -0.337. The molecule has 0 spiro atoms. The second kappa shape index (κ2) is 9.71. The third-order valence-electron chi connectivity index (χ3n) is 7.16. The SMILES string of the molecule is COc1ccc2cc(C(=O)NC3(c4nc(C)no4)CCCCCC3)c(=O)n3c2c1OCCCCC3. The van der Waals surface area contributed by atoms with Gasteiger partial charge in [0.15, 0.2) is 17.3 Å². The molecule has 9 nitrogen and oxygen atoms in total. The van der Waals surface area contributed by atoms with E-state index >= 15 is 0 Å². The summed E-state index contributed by atoms with van der Waals surface area (Å²) in [6.45, 7) is 2.83. The zero-order chi connectivity index (χ0) is 24.4. The van der Waals surface area contributed by atoms with Gasteiger partial charge in [0.1, 0.15) is 11.1 Å². The number of carbonyl (C=O) groups is 1. The Morgan fingerprint density at radius 1 is 1.11 bits per heavy atom. The van der Waals surface area contributed by atoms with Gasteiger partial charge in [-0.3, -0.25) is 9.59 Å². The van der Waals surface area contributed by atoms with Gasteiger partial charge in [-0.1, -0.05) is 30.8 Å². The van der Waals surface area contributed by atoms with Crippen LogP contribution in [0.5, 0.6) is 11.5 Å². The molecule has 1 aromatic carbocycles. The fraction of sp³-hybridized carbons (Fsp3) is 0.538. The highest BCUT2D eigenvalue weighted by Gasteiger charge is 2.40. The number of aryl methyl sites for hydroxylation is 2. The molecule has 0 bridgehead atoms. The van der Waals surface area contributed by atoms with E-state index in [-0.39, 0.29) is 11.1 Å². The summed E-state index contributed by atoms with van der Waals surface area (Å²) >= 11 is 0. The van der Waals surface area contributed by atoms with Gasteiger partial charge in [0, 0.05) is 11.9 Å². The first-order valence-corrected chi connectivity index (χ1v) is 12.5. The van der Waals surface area contributed by atoms with Crippen molar-refractivity contribution in [1.82, 2.24) is 20.0 Å². The Morgan fingerprint density at radius 3 is 2.60 bits per heavy atom. The maximum atomic E-state index is 13.7. The fourth-order valence-corrected chi connectivity index (χ4v) is 5.33. The van der Waals surface area contributed by atoms with Crippen LogP contribution in [0, 0.1) is 6.92 Å². The summed E-state index contributed by atoms with van der Waals surface area (Å²) in [4.78, 5) is 31.9. The number of hydrogen-bond acceptors (Lipinski definition) is 7. The number of rotatable bonds is 4.